The molecule has 0 amide bonds. The van der Waals surface area contributed by atoms with Crippen LogP contribution < -0.4 is 0 Å². The number of hydrogen-bond donors (Lipinski definition) is 6. The van der Waals surface area contributed by atoms with Crippen molar-refractivity contribution in [3.63, 3.8) is 0 Å². The second-order valence-corrected chi connectivity index (χ2v) is 12.8. The molecule has 127 valence electrons. The molecular weight excluding hydrogens is 408 g/mol. The first kappa shape index (κ1) is 27.5. The third-order valence-electron chi connectivity index (χ3n) is 2.81. The standard InChI is InChI=1S/C10H21.2H3O3PS.Zn/c1-4-7-8-9-10(5-2)6-3;2*1-4(2,3)5;/h4-9H2,1-3H3;2*(H3,1,2,3,5);. The van der Waals surface area contributed by atoms with E-state index in [0.29, 0.717) is 0 Å². The van der Waals surface area contributed by atoms with Crippen LogP contribution in [0.15, 0.2) is 0 Å². The van der Waals surface area contributed by atoms with Crippen LogP contribution in [0.4, 0.5) is 0 Å². The predicted octanol–water partition coefficient (Wildman–Crippen LogP) is 2.47. The van der Waals surface area contributed by atoms with E-state index in [-0.39, 0.29) is 0 Å². The van der Waals surface area contributed by atoms with E-state index in [2.05, 4.69) is 44.4 Å². The van der Waals surface area contributed by atoms with Gasteiger partial charge < -0.3 is 29.4 Å². The first-order valence-electron chi connectivity index (χ1n) is 6.60. The molecule has 11 heteroatoms. The summed E-state index contributed by atoms with van der Waals surface area (Å²) in [5.41, 5.74) is 0. The first-order valence-corrected chi connectivity index (χ1v) is 13.4. The normalized spacial score (nSPS) is 12.0. The van der Waals surface area contributed by atoms with E-state index in [1.165, 1.54) is 56.8 Å². The van der Waals surface area contributed by atoms with Crippen LogP contribution in [0, 0.1) is 0 Å². The van der Waals surface area contributed by atoms with Gasteiger partial charge in [-0.3, -0.25) is 0 Å². The average molecular weight is 435 g/mol. The van der Waals surface area contributed by atoms with Crippen LogP contribution >= 0.6 is 13.4 Å². The molecule has 6 nitrogen and oxygen atoms in total. The minimum atomic E-state index is -3.81. The maximum Gasteiger partial charge on any atom is 0.319 e. The number of rotatable bonds is 6. The Morgan fingerprint density at radius 3 is 1.29 bits per heavy atom. The Morgan fingerprint density at radius 2 is 1.10 bits per heavy atom. The summed E-state index contributed by atoms with van der Waals surface area (Å²) in [5.74, 6) is 0. The van der Waals surface area contributed by atoms with E-state index >= 15 is 0 Å². The molecule has 0 aromatic carbocycles. The minimum Gasteiger partial charge on any atom is -0.325 e. The van der Waals surface area contributed by atoms with E-state index in [1.54, 1.807) is 0 Å². The van der Waals surface area contributed by atoms with Crippen molar-refractivity contribution in [1.29, 1.82) is 0 Å². The van der Waals surface area contributed by atoms with Gasteiger partial charge in [0.2, 0.25) is 0 Å². The first-order chi connectivity index (χ1) is 9.18. The molecule has 0 fully saturated rings. The summed E-state index contributed by atoms with van der Waals surface area (Å²) in [6, 6.07) is 0. The summed E-state index contributed by atoms with van der Waals surface area (Å²) in [5, 5.41) is 0. The predicted molar refractivity (Wildman–Crippen MR) is 89.3 cm³/mol. The zero-order chi connectivity index (χ0) is 17.7. The van der Waals surface area contributed by atoms with E-state index in [0.717, 1.165) is 4.01 Å². The van der Waals surface area contributed by atoms with Gasteiger partial charge >= 0.3 is 95.0 Å². The molecule has 0 radical (unpaired) electrons. The Morgan fingerprint density at radius 1 is 0.810 bits per heavy atom. The number of hydrogen-bond acceptors (Lipinski definition) is 2. The molecule has 0 unspecified atom stereocenters. The van der Waals surface area contributed by atoms with Crippen LogP contribution in [0.25, 0.3) is 0 Å². The molecule has 0 rings (SSSR count). The number of unbranched alkanes of at least 4 members (excludes halogenated alkanes) is 2. The maximum atomic E-state index is 7.56. The van der Waals surface area contributed by atoms with Gasteiger partial charge in [0.15, 0.2) is 0 Å². The summed E-state index contributed by atoms with van der Waals surface area (Å²) in [4.78, 5) is 45.3. The molecule has 0 bridgehead atoms. The van der Waals surface area contributed by atoms with Gasteiger partial charge in [0.05, 0.1) is 0 Å². The monoisotopic (exact) mass is 433 g/mol. The van der Waals surface area contributed by atoms with Crippen LogP contribution in [0.1, 0.15) is 59.3 Å². The molecule has 0 heterocycles. The van der Waals surface area contributed by atoms with Crippen LogP contribution in [-0.4, -0.2) is 29.4 Å². The van der Waals surface area contributed by atoms with Crippen molar-refractivity contribution in [2.75, 3.05) is 0 Å². The van der Waals surface area contributed by atoms with E-state index in [1.807, 2.05) is 0 Å². The Balaban J connectivity index is -0.000000270. The Hall–Kier alpha value is 1.68. The summed E-state index contributed by atoms with van der Waals surface area (Å²) < 4.78 is 0.759. The molecule has 0 saturated carbocycles. The molecule has 0 atom stereocenters. The van der Waals surface area contributed by atoms with Crippen LogP contribution in [0.2, 0.25) is 4.01 Å². The van der Waals surface area contributed by atoms with Crippen LogP contribution in [0.5, 0.6) is 0 Å². The molecule has 21 heavy (non-hydrogen) atoms. The van der Waals surface area contributed by atoms with Crippen LogP contribution in [-0.2, 0) is 41.9 Å². The van der Waals surface area contributed by atoms with Gasteiger partial charge in [-0.25, -0.2) is 0 Å². The molecule has 0 aliphatic rings. The van der Waals surface area contributed by atoms with Gasteiger partial charge in [0.1, 0.15) is 0 Å². The third kappa shape index (κ3) is 44.9. The zero-order valence-corrected chi connectivity index (χ0v) is 19.2. The fraction of sp³-hybridized carbons (Fsp3) is 1.00. The third-order valence-corrected chi connectivity index (χ3v) is 5.65. The molecule has 0 aliphatic carbocycles. The van der Waals surface area contributed by atoms with Crippen molar-refractivity contribution in [2.24, 2.45) is 0 Å². The van der Waals surface area contributed by atoms with Gasteiger partial charge in [0.25, 0.3) is 0 Å². The largest absolute Gasteiger partial charge is 0.325 e. The van der Waals surface area contributed by atoms with Crippen molar-refractivity contribution in [2.45, 2.75) is 63.3 Å². The summed E-state index contributed by atoms with van der Waals surface area (Å²) in [6.07, 6.45) is 8.53. The SMILES string of the molecule is CCCCC[C]([Zn])(CC)CC.OP(O)(O)=S.OP(O)(O)=S. The van der Waals surface area contributed by atoms with E-state index < -0.39 is 13.4 Å². The van der Waals surface area contributed by atoms with Gasteiger partial charge in [-0.1, -0.05) is 0 Å². The Kier molecular flexibility index (Phi) is 18.4. The van der Waals surface area contributed by atoms with Gasteiger partial charge in [-0.2, -0.15) is 0 Å². The minimum absolute atomic E-state index is 0.759. The van der Waals surface area contributed by atoms with Crippen molar-refractivity contribution in [3.8, 4) is 0 Å². The molecule has 0 saturated heterocycles. The molecule has 0 aromatic heterocycles. The fourth-order valence-corrected chi connectivity index (χ4v) is 1.88. The molecular formula is C10H27O6P2S2Zn. The topological polar surface area (TPSA) is 121 Å². The quantitative estimate of drug-likeness (QED) is 0.214. The molecule has 6 N–H and O–H groups in total. The summed E-state index contributed by atoms with van der Waals surface area (Å²) in [7, 11) is 0. The molecule has 0 spiro atoms. The zero-order valence-electron chi connectivity index (χ0n) is 12.8. The van der Waals surface area contributed by atoms with Crippen molar-refractivity contribution in [1.82, 2.24) is 0 Å². The Bertz CT molecular complexity index is 293. The second-order valence-electron chi connectivity index (χ2n) is 4.69. The smallest absolute Gasteiger partial charge is 0.319 e. The van der Waals surface area contributed by atoms with Gasteiger partial charge in [-0.15, -0.1) is 0 Å². The van der Waals surface area contributed by atoms with Gasteiger partial charge in [0, 0.05) is 0 Å². The van der Waals surface area contributed by atoms with Crippen molar-refractivity contribution >= 4 is 37.1 Å². The van der Waals surface area contributed by atoms with Crippen molar-refractivity contribution < 1.29 is 47.7 Å². The maximum absolute atomic E-state index is 7.56. The van der Waals surface area contributed by atoms with E-state index in [9.17, 15) is 0 Å². The summed E-state index contributed by atoms with van der Waals surface area (Å²) >= 11 is 8.70. The van der Waals surface area contributed by atoms with E-state index in [4.69, 9.17) is 29.4 Å². The average Bonchev–Trinajstić information content (AvgIpc) is 2.25. The van der Waals surface area contributed by atoms with Crippen LogP contribution in [0.3, 0.4) is 0 Å². The molecule has 0 aromatic rings. The summed E-state index contributed by atoms with van der Waals surface area (Å²) in [6.45, 7) is -0.636. The van der Waals surface area contributed by atoms with Crippen molar-refractivity contribution in [3.05, 3.63) is 0 Å². The molecule has 0 aliphatic heterocycles. The van der Waals surface area contributed by atoms with Gasteiger partial charge in [-0.05, 0) is 23.6 Å². The Labute approximate surface area is 147 Å². The second kappa shape index (κ2) is 14.1. The fourth-order valence-electron chi connectivity index (χ4n) is 1.35.